The van der Waals surface area contributed by atoms with Crippen molar-refractivity contribution in [2.24, 2.45) is 0 Å². The molecule has 4 heteroatoms. The van der Waals surface area contributed by atoms with Crippen LogP contribution in [0.2, 0.25) is 0 Å². The molecule has 0 aliphatic heterocycles. The highest BCUT2D eigenvalue weighted by Crippen LogP contribution is 2.04. The molecule has 0 heterocycles. The van der Waals surface area contributed by atoms with Gasteiger partial charge in [-0.3, -0.25) is 0 Å². The van der Waals surface area contributed by atoms with E-state index in [4.69, 9.17) is 4.74 Å². The Morgan fingerprint density at radius 1 is 1.60 bits per heavy atom. The Balaban J connectivity index is 3.04. The highest BCUT2D eigenvalue weighted by atomic mass is 31.1. The van der Waals surface area contributed by atoms with Crippen LogP contribution in [0.1, 0.15) is 26.7 Å². The van der Waals surface area contributed by atoms with Crippen LogP contribution < -0.4 is 0 Å². The van der Waals surface area contributed by atoms with E-state index in [-0.39, 0.29) is 6.29 Å². The van der Waals surface area contributed by atoms with Gasteiger partial charge < -0.3 is 4.74 Å². The zero-order valence-electron chi connectivity index (χ0n) is 6.42. The van der Waals surface area contributed by atoms with Crippen molar-refractivity contribution in [3.8, 4) is 0 Å². The summed E-state index contributed by atoms with van der Waals surface area (Å²) in [5.41, 5.74) is 0. The number of ether oxygens (including phenoxy) is 1. The Morgan fingerprint density at radius 3 is 2.80 bits per heavy atom. The summed E-state index contributed by atoms with van der Waals surface area (Å²) in [7, 11) is -0.725. The van der Waals surface area contributed by atoms with Gasteiger partial charge in [0.2, 0.25) is 6.29 Å². The molecular formula is C6H14O3P+. The van der Waals surface area contributed by atoms with Crippen LogP contribution in [0, 0.1) is 0 Å². The molecule has 0 fully saturated rings. The fourth-order valence-electron chi connectivity index (χ4n) is 0.495. The molecule has 0 aromatic heterocycles. The Kier molecular flexibility index (Phi) is 7.15. The molecule has 0 spiro atoms. The molecule has 0 saturated carbocycles. The van der Waals surface area contributed by atoms with E-state index in [1.54, 1.807) is 6.92 Å². The molecule has 0 N–H and O–H groups in total. The summed E-state index contributed by atoms with van der Waals surface area (Å²) in [6.45, 7) is 4.51. The van der Waals surface area contributed by atoms with Gasteiger partial charge in [-0.1, -0.05) is 13.3 Å². The van der Waals surface area contributed by atoms with E-state index in [1.165, 1.54) is 0 Å². The van der Waals surface area contributed by atoms with Crippen molar-refractivity contribution in [1.29, 1.82) is 0 Å². The van der Waals surface area contributed by atoms with Gasteiger partial charge in [0.25, 0.3) is 0 Å². The predicted octanol–water partition coefficient (Wildman–Crippen LogP) is 2.10. The second-order valence-electron chi connectivity index (χ2n) is 1.99. The van der Waals surface area contributed by atoms with Crippen molar-refractivity contribution < 1.29 is 13.8 Å². The minimum absolute atomic E-state index is 0.331. The van der Waals surface area contributed by atoms with Gasteiger partial charge in [-0.05, 0) is 17.9 Å². The molecule has 0 saturated heterocycles. The third-order valence-corrected chi connectivity index (χ3v) is 1.49. The Labute approximate surface area is 63.0 Å². The van der Waals surface area contributed by atoms with Gasteiger partial charge in [0.05, 0.1) is 0 Å². The van der Waals surface area contributed by atoms with Crippen molar-refractivity contribution in [3.63, 3.8) is 0 Å². The van der Waals surface area contributed by atoms with Crippen molar-refractivity contribution in [2.75, 3.05) is 6.61 Å². The second-order valence-corrected chi connectivity index (χ2v) is 2.40. The predicted molar refractivity (Wildman–Crippen MR) is 40.4 cm³/mol. The summed E-state index contributed by atoms with van der Waals surface area (Å²) < 4.78 is 19.6. The van der Waals surface area contributed by atoms with Crippen molar-refractivity contribution >= 4 is 8.69 Å². The third-order valence-electron chi connectivity index (χ3n) is 1.06. The van der Waals surface area contributed by atoms with E-state index in [0.29, 0.717) is 6.61 Å². The highest BCUT2D eigenvalue weighted by molar-refractivity contribution is 7.17. The van der Waals surface area contributed by atoms with Gasteiger partial charge in [0.15, 0.2) is 0 Å². The van der Waals surface area contributed by atoms with Gasteiger partial charge in [-0.15, -0.1) is 4.52 Å². The van der Waals surface area contributed by atoms with Gasteiger partial charge >= 0.3 is 8.69 Å². The maximum absolute atomic E-state index is 9.90. The minimum atomic E-state index is -0.725. The van der Waals surface area contributed by atoms with Gasteiger partial charge in [0.1, 0.15) is 0 Å². The number of rotatable bonds is 6. The van der Waals surface area contributed by atoms with E-state index in [2.05, 4.69) is 11.4 Å². The largest absolute Gasteiger partial charge is 0.496 e. The lowest BCUT2D eigenvalue weighted by Gasteiger charge is -2.03. The molecule has 60 valence electrons. The van der Waals surface area contributed by atoms with Crippen LogP contribution >= 0.6 is 8.69 Å². The summed E-state index contributed by atoms with van der Waals surface area (Å²) in [6.07, 6.45) is 1.80. The van der Waals surface area contributed by atoms with Gasteiger partial charge in [-0.25, -0.2) is 0 Å². The van der Waals surface area contributed by atoms with Crippen LogP contribution in [0.15, 0.2) is 0 Å². The minimum Gasteiger partial charge on any atom is -0.349 e. The first-order valence-corrected chi connectivity index (χ1v) is 4.27. The summed E-state index contributed by atoms with van der Waals surface area (Å²) in [4.78, 5) is 0. The fourth-order valence-corrected chi connectivity index (χ4v) is 0.699. The number of hydrogen-bond acceptors (Lipinski definition) is 3. The lowest BCUT2D eigenvalue weighted by Crippen LogP contribution is -2.08. The van der Waals surface area contributed by atoms with Crippen LogP contribution in [0.5, 0.6) is 0 Å². The van der Waals surface area contributed by atoms with E-state index in [0.717, 1.165) is 12.8 Å². The SMILES string of the molecule is CCCCOC(C)O[PH+]=O. The van der Waals surface area contributed by atoms with Crippen LogP contribution in [-0.2, 0) is 13.8 Å². The molecule has 2 atom stereocenters. The molecule has 0 radical (unpaired) electrons. The summed E-state index contributed by atoms with van der Waals surface area (Å²) in [6, 6.07) is 0. The molecule has 0 aromatic carbocycles. The van der Waals surface area contributed by atoms with Crippen molar-refractivity contribution in [3.05, 3.63) is 0 Å². The molecule has 0 aliphatic rings. The first kappa shape index (κ1) is 10.0. The first-order valence-electron chi connectivity index (χ1n) is 3.45. The standard InChI is InChI=1S/C6H14O3P/c1-3-4-5-8-6(2)9-10-7/h6,10H,3-5H2,1-2H3/q+1. The molecule has 0 bridgehead atoms. The number of unbranched alkanes of at least 4 members (excludes halogenated alkanes) is 1. The monoisotopic (exact) mass is 165 g/mol. The summed E-state index contributed by atoms with van der Waals surface area (Å²) in [5, 5.41) is 0. The van der Waals surface area contributed by atoms with Gasteiger partial charge in [0, 0.05) is 6.61 Å². The lowest BCUT2D eigenvalue weighted by molar-refractivity contribution is -0.0604. The molecule has 0 amide bonds. The maximum Gasteiger partial charge on any atom is 0.496 e. The van der Waals surface area contributed by atoms with Crippen LogP contribution in [0.25, 0.3) is 0 Å². The summed E-state index contributed by atoms with van der Waals surface area (Å²) in [5.74, 6) is 0. The Morgan fingerprint density at radius 2 is 2.30 bits per heavy atom. The fraction of sp³-hybridized carbons (Fsp3) is 1.00. The van der Waals surface area contributed by atoms with Crippen molar-refractivity contribution in [2.45, 2.75) is 33.0 Å². The molecule has 0 aromatic rings. The van der Waals surface area contributed by atoms with Gasteiger partial charge in [-0.2, -0.15) is 0 Å². The Bertz CT molecular complexity index is 87.1. The van der Waals surface area contributed by atoms with Crippen LogP contribution in [0.3, 0.4) is 0 Å². The molecule has 0 aliphatic carbocycles. The first-order chi connectivity index (χ1) is 4.81. The zero-order valence-corrected chi connectivity index (χ0v) is 7.42. The normalized spacial score (nSPS) is 13.8. The number of hydrogen-bond donors (Lipinski definition) is 0. The molecular weight excluding hydrogens is 151 g/mol. The molecule has 10 heavy (non-hydrogen) atoms. The average Bonchev–Trinajstić information content (AvgIpc) is 1.89. The lowest BCUT2D eigenvalue weighted by atomic mass is 10.4. The van der Waals surface area contributed by atoms with E-state index in [1.807, 2.05) is 0 Å². The third kappa shape index (κ3) is 6.14. The van der Waals surface area contributed by atoms with E-state index >= 15 is 0 Å². The molecule has 2 unspecified atom stereocenters. The summed E-state index contributed by atoms with van der Waals surface area (Å²) >= 11 is 0. The average molecular weight is 165 g/mol. The van der Waals surface area contributed by atoms with E-state index in [9.17, 15) is 4.57 Å². The van der Waals surface area contributed by atoms with Crippen molar-refractivity contribution in [1.82, 2.24) is 0 Å². The zero-order chi connectivity index (χ0) is 7.82. The quantitative estimate of drug-likeness (QED) is 0.343. The van der Waals surface area contributed by atoms with E-state index < -0.39 is 8.69 Å². The molecule has 0 rings (SSSR count). The smallest absolute Gasteiger partial charge is 0.349 e. The highest BCUT2D eigenvalue weighted by Gasteiger charge is 2.04. The topological polar surface area (TPSA) is 35.5 Å². The second kappa shape index (κ2) is 7.13. The van der Waals surface area contributed by atoms with Crippen LogP contribution in [-0.4, -0.2) is 12.9 Å². The Hall–Kier alpha value is 0.0200. The van der Waals surface area contributed by atoms with Crippen LogP contribution in [0.4, 0.5) is 0 Å². The molecule has 3 nitrogen and oxygen atoms in total. The maximum atomic E-state index is 9.90.